The first-order chi connectivity index (χ1) is 13.2. The summed E-state index contributed by atoms with van der Waals surface area (Å²) >= 11 is 0. The maximum absolute atomic E-state index is 12.6. The summed E-state index contributed by atoms with van der Waals surface area (Å²) in [4.78, 5) is 36.6. The first kappa shape index (κ1) is 21.2. The standard InChI is InChI=1S/C22H25NO5/c1-12-13(2)15(4)20(16(5)14(12)3)22(26)28-11-19(24)23-18-10-8-7-9-17(18)21(25)27-6/h7-10H,11H2,1-6H3,(H,23,24). The lowest BCUT2D eigenvalue weighted by Crippen LogP contribution is -2.23. The summed E-state index contributed by atoms with van der Waals surface area (Å²) in [5.74, 6) is -1.65. The third kappa shape index (κ3) is 4.22. The van der Waals surface area contributed by atoms with Gasteiger partial charge in [0.15, 0.2) is 6.61 Å². The van der Waals surface area contributed by atoms with Gasteiger partial charge in [0.1, 0.15) is 0 Å². The van der Waals surface area contributed by atoms with Gasteiger partial charge in [-0.2, -0.15) is 0 Å². The fourth-order valence-corrected chi connectivity index (χ4v) is 3.08. The molecule has 1 amide bonds. The molecule has 0 aliphatic carbocycles. The van der Waals surface area contributed by atoms with E-state index in [0.717, 1.165) is 27.8 Å². The van der Waals surface area contributed by atoms with Crippen molar-refractivity contribution in [1.29, 1.82) is 0 Å². The number of rotatable bonds is 5. The number of ether oxygens (including phenoxy) is 2. The number of hydrogen-bond donors (Lipinski definition) is 1. The van der Waals surface area contributed by atoms with Gasteiger partial charge < -0.3 is 14.8 Å². The van der Waals surface area contributed by atoms with Gasteiger partial charge in [0.05, 0.1) is 23.9 Å². The zero-order valence-corrected chi connectivity index (χ0v) is 17.1. The van der Waals surface area contributed by atoms with E-state index < -0.39 is 24.5 Å². The molecule has 1 N–H and O–H groups in total. The van der Waals surface area contributed by atoms with Crippen molar-refractivity contribution in [2.75, 3.05) is 19.0 Å². The van der Waals surface area contributed by atoms with Gasteiger partial charge in [-0.25, -0.2) is 9.59 Å². The summed E-state index contributed by atoms with van der Waals surface area (Å²) in [6.45, 7) is 9.23. The zero-order chi connectivity index (χ0) is 21.0. The monoisotopic (exact) mass is 383 g/mol. The lowest BCUT2D eigenvalue weighted by atomic mass is 9.90. The van der Waals surface area contributed by atoms with Gasteiger partial charge in [-0.05, 0) is 74.6 Å². The average Bonchev–Trinajstić information content (AvgIpc) is 2.69. The van der Waals surface area contributed by atoms with Gasteiger partial charge in [-0.1, -0.05) is 12.1 Å². The summed E-state index contributed by atoms with van der Waals surface area (Å²) in [6.07, 6.45) is 0. The Morgan fingerprint density at radius 2 is 1.36 bits per heavy atom. The van der Waals surface area contributed by atoms with Gasteiger partial charge in [0, 0.05) is 0 Å². The molecule has 0 heterocycles. The Morgan fingerprint density at radius 1 is 0.821 bits per heavy atom. The minimum absolute atomic E-state index is 0.223. The van der Waals surface area contributed by atoms with Crippen molar-refractivity contribution < 1.29 is 23.9 Å². The molecule has 2 aromatic rings. The van der Waals surface area contributed by atoms with E-state index in [-0.39, 0.29) is 5.56 Å². The van der Waals surface area contributed by atoms with Crippen molar-refractivity contribution in [3.8, 4) is 0 Å². The summed E-state index contributed by atoms with van der Waals surface area (Å²) in [6, 6.07) is 6.46. The second kappa shape index (κ2) is 8.69. The highest BCUT2D eigenvalue weighted by Gasteiger charge is 2.20. The van der Waals surface area contributed by atoms with Crippen LogP contribution >= 0.6 is 0 Å². The van der Waals surface area contributed by atoms with Gasteiger partial charge in [-0.15, -0.1) is 0 Å². The molecule has 2 rings (SSSR count). The number of amides is 1. The van der Waals surface area contributed by atoms with Crippen LogP contribution in [0.4, 0.5) is 5.69 Å². The molecule has 0 aliphatic rings. The van der Waals surface area contributed by atoms with Crippen molar-refractivity contribution >= 4 is 23.5 Å². The number of methoxy groups -OCH3 is 1. The van der Waals surface area contributed by atoms with E-state index in [2.05, 4.69) is 5.32 Å². The van der Waals surface area contributed by atoms with Crippen LogP contribution in [0.3, 0.4) is 0 Å². The minimum Gasteiger partial charge on any atom is -0.465 e. The Bertz CT molecular complexity index is 917. The molecule has 28 heavy (non-hydrogen) atoms. The second-order valence-electron chi connectivity index (χ2n) is 6.66. The van der Waals surface area contributed by atoms with Crippen molar-refractivity contribution in [2.45, 2.75) is 34.6 Å². The maximum Gasteiger partial charge on any atom is 0.339 e. The summed E-state index contributed by atoms with van der Waals surface area (Å²) < 4.78 is 9.93. The van der Waals surface area contributed by atoms with Gasteiger partial charge in [0.2, 0.25) is 0 Å². The van der Waals surface area contributed by atoms with E-state index in [0.29, 0.717) is 11.3 Å². The lowest BCUT2D eigenvalue weighted by molar-refractivity contribution is -0.119. The highest BCUT2D eigenvalue weighted by molar-refractivity contribution is 6.02. The second-order valence-corrected chi connectivity index (χ2v) is 6.66. The predicted octanol–water partition coefficient (Wildman–Crippen LogP) is 3.81. The van der Waals surface area contributed by atoms with Crippen LogP contribution in [-0.2, 0) is 14.3 Å². The van der Waals surface area contributed by atoms with Crippen LogP contribution < -0.4 is 5.32 Å². The lowest BCUT2D eigenvalue weighted by Gasteiger charge is -2.17. The van der Waals surface area contributed by atoms with Crippen LogP contribution in [0.1, 0.15) is 48.5 Å². The Labute approximate surface area is 164 Å². The number of anilines is 1. The van der Waals surface area contributed by atoms with Crippen LogP contribution in [0.15, 0.2) is 24.3 Å². The molecule has 0 aliphatic heterocycles. The van der Waals surface area contributed by atoms with Crippen molar-refractivity contribution in [3.05, 3.63) is 63.2 Å². The molecule has 0 bridgehead atoms. The third-order valence-electron chi connectivity index (χ3n) is 5.14. The summed E-state index contributed by atoms with van der Waals surface area (Å²) in [5, 5.41) is 2.58. The molecule has 0 unspecified atom stereocenters. The van der Waals surface area contributed by atoms with E-state index in [9.17, 15) is 14.4 Å². The highest BCUT2D eigenvalue weighted by atomic mass is 16.5. The molecule has 0 spiro atoms. The van der Waals surface area contributed by atoms with Gasteiger partial charge in [0.25, 0.3) is 5.91 Å². The van der Waals surface area contributed by atoms with Gasteiger partial charge in [-0.3, -0.25) is 4.79 Å². The maximum atomic E-state index is 12.6. The van der Waals surface area contributed by atoms with E-state index in [1.807, 2.05) is 34.6 Å². The topological polar surface area (TPSA) is 81.7 Å². The Morgan fingerprint density at radius 3 is 1.93 bits per heavy atom. The molecule has 6 heteroatoms. The quantitative estimate of drug-likeness (QED) is 0.794. The van der Waals surface area contributed by atoms with Crippen molar-refractivity contribution in [2.24, 2.45) is 0 Å². The number of esters is 2. The molecule has 0 atom stereocenters. The van der Waals surface area contributed by atoms with E-state index >= 15 is 0 Å². The van der Waals surface area contributed by atoms with E-state index in [4.69, 9.17) is 9.47 Å². The Kier molecular flexibility index (Phi) is 6.57. The first-order valence-electron chi connectivity index (χ1n) is 8.90. The van der Waals surface area contributed by atoms with Gasteiger partial charge >= 0.3 is 11.9 Å². The SMILES string of the molecule is COC(=O)c1ccccc1NC(=O)COC(=O)c1c(C)c(C)c(C)c(C)c1C. The van der Waals surface area contributed by atoms with Crippen LogP contribution in [0, 0.1) is 34.6 Å². The first-order valence-corrected chi connectivity index (χ1v) is 8.90. The largest absolute Gasteiger partial charge is 0.465 e. The van der Waals surface area contributed by atoms with E-state index in [1.165, 1.54) is 13.2 Å². The third-order valence-corrected chi connectivity index (χ3v) is 5.14. The summed E-state index contributed by atoms with van der Waals surface area (Å²) in [7, 11) is 1.26. The van der Waals surface area contributed by atoms with Crippen LogP contribution in [-0.4, -0.2) is 31.6 Å². The predicted molar refractivity (Wildman–Crippen MR) is 107 cm³/mol. The molecular weight excluding hydrogens is 358 g/mol. The minimum atomic E-state index is -0.565. The fraction of sp³-hybridized carbons (Fsp3) is 0.318. The molecule has 6 nitrogen and oxygen atoms in total. The summed E-state index contributed by atoms with van der Waals surface area (Å²) in [5.41, 5.74) is 5.92. The van der Waals surface area contributed by atoms with Crippen LogP contribution in [0.5, 0.6) is 0 Å². The Balaban J connectivity index is 2.13. The molecule has 0 aromatic heterocycles. The number of carbonyl (C=O) groups excluding carboxylic acids is 3. The normalized spacial score (nSPS) is 10.4. The number of carbonyl (C=O) groups is 3. The fourth-order valence-electron chi connectivity index (χ4n) is 3.08. The number of nitrogens with one attached hydrogen (secondary N) is 1. The number of benzene rings is 2. The number of para-hydroxylation sites is 1. The molecule has 0 saturated heterocycles. The molecule has 0 fully saturated rings. The average molecular weight is 383 g/mol. The smallest absolute Gasteiger partial charge is 0.339 e. The highest BCUT2D eigenvalue weighted by Crippen LogP contribution is 2.26. The molecule has 0 radical (unpaired) electrons. The zero-order valence-electron chi connectivity index (χ0n) is 17.1. The molecule has 2 aromatic carbocycles. The molecular formula is C22H25NO5. The van der Waals surface area contributed by atoms with Crippen LogP contribution in [0.25, 0.3) is 0 Å². The molecule has 148 valence electrons. The van der Waals surface area contributed by atoms with Crippen molar-refractivity contribution in [1.82, 2.24) is 0 Å². The van der Waals surface area contributed by atoms with E-state index in [1.54, 1.807) is 18.2 Å². The Hall–Kier alpha value is -3.15. The van der Waals surface area contributed by atoms with Crippen molar-refractivity contribution in [3.63, 3.8) is 0 Å². The molecule has 0 saturated carbocycles. The van der Waals surface area contributed by atoms with Crippen LogP contribution in [0.2, 0.25) is 0 Å². The number of hydrogen-bond acceptors (Lipinski definition) is 5.